The Balaban J connectivity index is 0.957. The molecule has 5 aliphatic rings. The fraction of sp³-hybridized carbons (Fsp3) is 0.722. The Bertz CT molecular complexity index is 1880. The number of benzene rings is 2. The van der Waals surface area contributed by atoms with Crippen molar-refractivity contribution in [2.75, 3.05) is 33.7 Å². The maximum Gasteiger partial charge on any atom is 0.411 e. The Morgan fingerprint density at radius 2 is 1.45 bits per heavy atom. The summed E-state index contributed by atoms with van der Waals surface area (Å²) in [7, 11) is 1.31. The molecule has 5 unspecified atom stereocenters. The first kappa shape index (κ1) is 48.7. The van der Waals surface area contributed by atoms with Crippen LogP contribution in [-0.4, -0.2) is 93.5 Å². The van der Waals surface area contributed by atoms with Crippen LogP contribution in [0.2, 0.25) is 5.04 Å². The molecule has 11 atom stereocenters. The third kappa shape index (κ3) is 9.90. The third-order valence-electron chi connectivity index (χ3n) is 17.4. The molecule has 10 heteroatoms. The van der Waals surface area contributed by atoms with Gasteiger partial charge in [0.25, 0.3) is 8.32 Å². The number of carbonyl (C=O) groups is 3. The lowest BCUT2D eigenvalue weighted by molar-refractivity contribution is -0.128. The zero-order chi connectivity index (χ0) is 46.2. The lowest BCUT2D eigenvalue weighted by atomic mass is 9.44. The van der Waals surface area contributed by atoms with Gasteiger partial charge in [-0.3, -0.25) is 14.5 Å². The number of carbonyl (C=O) groups excluding carboxylic acids is 3. The van der Waals surface area contributed by atoms with Gasteiger partial charge >= 0.3 is 6.09 Å². The minimum atomic E-state index is -2.61. The van der Waals surface area contributed by atoms with Crippen molar-refractivity contribution >= 4 is 36.6 Å². The smallest absolute Gasteiger partial charge is 0.411 e. The van der Waals surface area contributed by atoms with Crippen molar-refractivity contribution in [2.45, 2.75) is 168 Å². The number of fused-ring (bicyclic) bond motifs is 5. The normalized spacial score (nSPS) is 32.3. The molecule has 2 aromatic rings. The Labute approximate surface area is 388 Å². The van der Waals surface area contributed by atoms with Crippen molar-refractivity contribution in [3.8, 4) is 0 Å². The predicted octanol–water partition coefficient (Wildman–Crippen LogP) is 9.18. The van der Waals surface area contributed by atoms with Gasteiger partial charge in [0, 0.05) is 38.2 Å². The van der Waals surface area contributed by atoms with Gasteiger partial charge in [0.1, 0.15) is 11.6 Å². The highest BCUT2D eigenvalue weighted by Crippen LogP contribution is 2.68. The lowest BCUT2D eigenvalue weighted by Gasteiger charge is -2.62. The van der Waals surface area contributed by atoms with Crippen LogP contribution in [0.15, 0.2) is 60.7 Å². The number of likely N-dealkylation sites (N-methyl/N-ethyl adjacent to an activating group) is 1. The summed E-state index contributed by atoms with van der Waals surface area (Å²) in [6.07, 6.45) is 12.9. The van der Waals surface area contributed by atoms with E-state index in [1.54, 1.807) is 0 Å². The number of nitrogens with one attached hydrogen (secondary N) is 2. The summed E-state index contributed by atoms with van der Waals surface area (Å²) in [4.78, 5) is 43.7. The summed E-state index contributed by atoms with van der Waals surface area (Å²) in [5.41, 5.74) is -0.00557. The molecule has 4 saturated carbocycles. The highest BCUT2D eigenvalue weighted by Gasteiger charge is 2.61. The summed E-state index contributed by atoms with van der Waals surface area (Å²) >= 11 is 0. The molecule has 2 aromatic carbocycles. The Hall–Kier alpha value is -3.21. The number of hydrogen-bond donors (Lipinski definition) is 2. The van der Waals surface area contributed by atoms with E-state index < -0.39 is 26.1 Å². The quantitative estimate of drug-likeness (QED) is 0.195. The lowest BCUT2D eigenvalue weighted by Crippen LogP contribution is -2.68. The largest absolute Gasteiger partial charge is 0.444 e. The van der Waals surface area contributed by atoms with Crippen LogP contribution in [0.25, 0.3) is 0 Å². The fourth-order valence-corrected chi connectivity index (χ4v) is 19.1. The van der Waals surface area contributed by atoms with Crippen molar-refractivity contribution in [3.05, 3.63) is 60.7 Å². The van der Waals surface area contributed by atoms with Gasteiger partial charge in [-0.25, -0.2) is 4.79 Å². The number of amides is 3. The number of nitrogens with zero attached hydrogens (tertiary/aromatic N) is 2. The maximum absolute atomic E-state index is 13.6. The van der Waals surface area contributed by atoms with Crippen LogP contribution in [0.4, 0.5) is 4.79 Å². The molecule has 0 bridgehead atoms. The molecule has 1 saturated heterocycles. The summed E-state index contributed by atoms with van der Waals surface area (Å²) in [6.45, 7) is 21.9. The molecule has 0 spiro atoms. The molecule has 1 heterocycles. The van der Waals surface area contributed by atoms with Crippen LogP contribution < -0.4 is 21.0 Å². The van der Waals surface area contributed by atoms with E-state index in [2.05, 4.69) is 113 Å². The Morgan fingerprint density at radius 3 is 2.06 bits per heavy atom. The molecule has 5 fully saturated rings. The van der Waals surface area contributed by atoms with Gasteiger partial charge in [0.05, 0.1) is 0 Å². The minimum Gasteiger partial charge on any atom is -0.444 e. The van der Waals surface area contributed by atoms with Crippen molar-refractivity contribution in [3.63, 3.8) is 0 Å². The second kappa shape index (κ2) is 19.2. The van der Waals surface area contributed by atoms with Crippen LogP contribution in [0, 0.1) is 46.3 Å². The van der Waals surface area contributed by atoms with Gasteiger partial charge in [0.2, 0.25) is 11.8 Å². The predicted molar refractivity (Wildman–Crippen MR) is 261 cm³/mol. The molecule has 1 aliphatic heterocycles. The van der Waals surface area contributed by atoms with Gasteiger partial charge in [-0.2, -0.15) is 0 Å². The molecule has 0 aromatic heterocycles. The molecule has 0 radical (unpaired) electrons. The molecular formula is C54H84N4O5Si. The van der Waals surface area contributed by atoms with Crippen LogP contribution in [0.1, 0.15) is 139 Å². The zero-order valence-corrected chi connectivity index (χ0v) is 42.5. The Morgan fingerprint density at radius 1 is 0.828 bits per heavy atom. The van der Waals surface area contributed by atoms with E-state index in [4.69, 9.17) is 9.16 Å². The first-order chi connectivity index (χ1) is 30.2. The molecule has 3 amide bonds. The third-order valence-corrected chi connectivity index (χ3v) is 22.5. The Kier molecular flexibility index (Phi) is 14.6. The van der Waals surface area contributed by atoms with Crippen molar-refractivity contribution in [1.29, 1.82) is 0 Å². The molecule has 9 nitrogen and oxygen atoms in total. The molecule has 354 valence electrons. The first-order valence-corrected chi connectivity index (χ1v) is 27.1. The van der Waals surface area contributed by atoms with E-state index >= 15 is 0 Å². The van der Waals surface area contributed by atoms with Crippen molar-refractivity contribution < 1.29 is 23.5 Å². The SMILES string of the molecule is C[C@H](CCC(=O)NC1C[C@@H](C(=O)NCCN(C)C)N(C(=O)OC(C)(C)C)C1)[C@H]1CCC2C3CCC4C[C@H](O[Si](c5ccccc5)(c5ccccc5)C(C)(C)C)CC[C@]4(C)C3CC[C@@]21C. The topological polar surface area (TPSA) is 100 Å². The first-order valence-electron chi connectivity index (χ1n) is 25.2. The van der Waals surface area contributed by atoms with E-state index in [0.717, 1.165) is 30.6 Å². The second-order valence-corrected chi connectivity index (χ2v) is 28.1. The molecule has 64 heavy (non-hydrogen) atoms. The summed E-state index contributed by atoms with van der Waals surface area (Å²) in [5.74, 6) is 3.92. The molecule has 7 rings (SSSR count). The van der Waals surface area contributed by atoms with Gasteiger partial charge in [-0.05, 0) is 167 Å². The monoisotopic (exact) mass is 897 g/mol. The number of ether oxygens (including phenoxy) is 1. The van der Waals surface area contributed by atoms with Crippen LogP contribution >= 0.6 is 0 Å². The summed E-state index contributed by atoms with van der Waals surface area (Å²) in [6, 6.07) is 21.4. The van der Waals surface area contributed by atoms with Gasteiger partial charge in [-0.1, -0.05) is 102 Å². The van der Waals surface area contributed by atoms with Crippen LogP contribution in [0.5, 0.6) is 0 Å². The summed E-state index contributed by atoms with van der Waals surface area (Å²) in [5, 5.41) is 8.96. The number of rotatable bonds is 13. The average molecular weight is 897 g/mol. The highest BCUT2D eigenvalue weighted by atomic mass is 28.4. The number of hydrogen-bond acceptors (Lipinski definition) is 6. The van der Waals surface area contributed by atoms with E-state index in [1.807, 2.05) is 39.8 Å². The zero-order valence-electron chi connectivity index (χ0n) is 41.5. The van der Waals surface area contributed by atoms with E-state index in [0.29, 0.717) is 54.5 Å². The molecule has 4 aliphatic carbocycles. The number of likely N-dealkylation sites (tertiary alicyclic amines) is 1. The minimum absolute atomic E-state index is 0.0128. The van der Waals surface area contributed by atoms with Crippen LogP contribution in [0.3, 0.4) is 0 Å². The van der Waals surface area contributed by atoms with E-state index in [-0.39, 0.29) is 35.5 Å². The van der Waals surface area contributed by atoms with Crippen molar-refractivity contribution in [1.82, 2.24) is 20.4 Å². The van der Waals surface area contributed by atoms with E-state index in [9.17, 15) is 14.4 Å². The fourth-order valence-electron chi connectivity index (χ4n) is 14.3. The maximum atomic E-state index is 13.6. The van der Waals surface area contributed by atoms with Crippen molar-refractivity contribution in [2.24, 2.45) is 46.3 Å². The van der Waals surface area contributed by atoms with Crippen LogP contribution in [-0.2, 0) is 18.8 Å². The van der Waals surface area contributed by atoms with Gasteiger partial charge in [0.15, 0.2) is 0 Å². The van der Waals surface area contributed by atoms with Gasteiger partial charge in [-0.15, -0.1) is 0 Å². The molecule has 2 N–H and O–H groups in total. The highest BCUT2D eigenvalue weighted by molar-refractivity contribution is 6.99. The van der Waals surface area contributed by atoms with Gasteiger partial charge < -0.3 is 24.7 Å². The second-order valence-electron chi connectivity index (χ2n) is 23.8. The standard InChI is InChI=1S/C54H84N4O5Si/c1-37(22-27-48(59)56-39-35-47(49(60)55-32-33-57(10)11)58(36-39)50(61)62-51(2,3)4)44-25-26-45-43-24-23-38-34-40(28-30-53(38,8)46(43)29-31-54(44,45)9)63-64(52(5,6)7,41-18-14-12-15-19-41)42-20-16-13-17-21-42/h12-21,37-40,43-47H,22-36H2,1-11H3,(H,55,60)(H,56,59)/t37-,38?,39?,40-,43?,44-,45?,46?,47+,53+,54-/m1/s1. The molecular weight excluding hydrogens is 813 g/mol. The average Bonchev–Trinajstić information content (AvgIpc) is 3.82. The van der Waals surface area contributed by atoms with E-state index in [1.165, 1.54) is 66.6 Å². The summed E-state index contributed by atoms with van der Waals surface area (Å²) < 4.78 is 13.5.